The van der Waals surface area contributed by atoms with E-state index in [2.05, 4.69) is 0 Å². The third-order valence-corrected chi connectivity index (χ3v) is 2.01. The number of ether oxygens (including phenoxy) is 1. The van der Waals surface area contributed by atoms with Gasteiger partial charge in [0.15, 0.2) is 6.23 Å². The third-order valence-electron chi connectivity index (χ3n) is 2.01. The van der Waals surface area contributed by atoms with Crippen LogP contribution >= 0.6 is 0 Å². The Morgan fingerprint density at radius 1 is 1.56 bits per heavy atom. The van der Waals surface area contributed by atoms with E-state index in [0.717, 1.165) is 16.8 Å². The molecule has 90 valence electrons. The predicted octanol–water partition coefficient (Wildman–Crippen LogP) is 1.00. The van der Waals surface area contributed by atoms with Gasteiger partial charge in [-0.2, -0.15) is 13.2 Å². The van der Waals surface area contributed by atoms with E-state index >= 15 is 0 Å². The second-order valence-corrected chi connectivity index (χ2v) is 3.03. The number of hydrogen-bond donors (Lipinski definition) is 1. The van der Waals surface area contributed by atoms with Gasteiger partial charge >= 0.3 is 6.18 Å². The molecule has 0 fully saturated rings. The van der Waals surface area contributed by atoms with Crippen LogP contribution < -0.4 is 5.56 Å². The first-order valence-electron chi connectivity index (χ1n) is 4.33. The van der Waals surface area contributed by atoms with Gasteiger partial charge in [0.25, 0.3) is 5.56 Å². The molecule has 16 heavy (non-hydrogen) atoms. The average Bonchev–Trinajstić information content (AvgIpc) is 2.20. The maximum absolute atomic E-state index is 12.2. The van der Waals surface area contributed by atoms with Crippen molar-refractivity contribution >= 4 is 0 Å². The number of aromatic nitrogens is 1. The molecule has 0 aliphatic heterocycles. The second kappa shape index (κ2) is 4.67. The van der Waals surface area contributed by atoms with Crippen LogP contribution in [0.25, 0.3) is 0 Å². The molecule has 0 aromatic carbocycles. The van der Waals surface area contributed by atoms with Crippen molar-refractivity contribution in [3.63, 3.8) is 0 Å². The van der Waals surface area contributed by atoms with Crippen molar-refractivity contribution in [1.82, 2.24) is 4.57 Å². The lowest BCUT2D eigenvalue weighted by Gasteiger charge is -2.16. The maximum Gasteiger partial charge on any atom is 0.416 e. The van der Waals surface area contributed by atoms with E-state index < -0.39 is 30.1 Å². The van der Waals surface area contributed by atoms with E-state index in [9.17, 15) is 18.0 Å². The Morgan fingerprint density at radius 2 is 2.19 bits per heavy atom. The fourth-order valence-corrected chi connectivity index (χ4v) is 1.18. The Kier molecular flexibility index (Phi) is 3.71. The summed E-state index contributed by atoms with van der Waals surface area (Å²) in [4.78, 5) is 11.3. The van der Waals surface area contributed by atoms with Crippen LogP contribution in [0.15, 0.2) is 23.1 Å². The van der Waals surface area contributed by atoms with Crippen LogP contribution in [-0.4, -0.2) is 23.4 Å². The largest absolute Gasteiger partial charge is 0.416 e. The molecule has 0 radical (unpaired) electrons. The number of methoxy groups -OCH3 is 1. The van der Waals surface area contributed by atoms with Crippen LogP contribution in [0, 0.1) is 0 Å². The van der Waals surface area contributed by atoms with Gasteiger partial charge in [0, 0.05) is 19.4 Å². The van der Waals surface area contributed by atoms with Gasteiger partial charge in [0.2, 0.25) is 0 Å². The van der Waals surface area contributed by atoms with Crippen LogP contribution in [0.5, 0.6) is 0 Å². The van der Waals surface area contributed by atoms with Gasteiger partial charge in [0.05, 0.1) is 12.2 Å². The summed E-state index contributed by atoms with van der Waals surface area (Å²) in [7, 11) is 1.24. The van der Waals surface area contributed by atoms with E-state index in [4.69, 9.17) is 9.84 Å². The zero-order chi connectivity index (χ0) is 12.3. The van der Waals surface area contributed by atoms with Crippen molar-refractivity contribution < 1.29 is 23.0 Å². The monoisotopic (exact) mass is 237 g/mol. The van der Waals surface area contributed by atoms with Gasteiger partial charge in [0.1, 0.15) is 0 Å². The van der Waals surface area contributed by atoms with Gasteiger partial charge in [-0.3, -0.25) is 9.36 Å². The quantitative estimate of drug-likeness (QED) is 0.853. The van der Waals surface area contributed by atoms with E-state index in [-0.39, 0.29) is 0 Å². The van der Waals surface area contributed by atoms with Crippen LogP contribution in [0.1, 0.15) is 11.8 Å². The molecule has 0 bridgehead atoms. The SMILES string of the molecule is COC(CO)n1ccc(C(F)(F)F)cc1=O. The number of rotatable bonds is 3. The zero-order valence-electron chi connectivity index (χ0n) is 8.36. The Bertz CT molecular complexity index is 409. The van der Waals surface area contributed by atoms with Crippen LogP contribution in [-0.2, 0) is 10.9 Å². The fraction of sp³-hybridized carbons (Fsp3) is 0.444. The predicted molar refractivity (Wildman–Crippen MR) is 48.8 cm³/mol. The first-order chi connectivity index (χ1) is 7.40. The molecule has 0 aliphatic rings. The molecule has 1 heterocycles. The average molecular weight is 237 g/mol. The Morgan fingerprint density at radius 3 is 2.56 bits per heavy atom. The first-order valence-corrected chi connectivity index (χ1v) is 4.33. The molecule has 0 aliphatic carbocycles. The van der Waals surface area contributed by atoms with Crippen molar-refractivity contribution in [3.8, 4) is 0 Å². The summed E-state index contributed by atoms with van der Waals surface area (Å²) in [6.45, 7) is -0.498. The lowest BCUT2D eigenvalue weighted by molar-refractivity contribution is -0.137. The molecular formula is C9H10F3NO3. The van der Waals surface area contributed by atoms with Crippen LogP contribution in [0.4, 0.5) is 13.2 Å². The first kappa shape index (κ1) is 12.7. The number of aliphatic hydroxyl groups is 1. The van der Waals surface area contributed by atoms with Gasteiger partial charge in [-0.15, -0.1) is 0 Å². The topological polar surface area (TPSA) is 51.5 Å². The number of nitrogens with zero attached hydrogens (tertiary/aromatic N) is 1. The summed E-state index contributed by atoms with van der Waals surface area (Å²) in [5.41, 5.74) is -1.91. The maximum atomic E-state index is 12.2. The minimum atomic E-state index is -4.56. The van der Waals surface area contributed by atoms with E-state index in [1.54, 1.807) is 0 Å². The molecule has 1 aromatic rings. The summed E-state index contributed by atoms with van der Waals surface area (Å²) in [6.07, 6.45) is -4.59. The minimum Gasteiger partial charge on any atom is -0.392 e. The van der Waals surface area contributed by atoms with Crippen LogP contribution in [0.2, 0.25) is 0 Å². The molecule has 0 amide bonds. The highest BCUT2D eigenvalue weighted by Gasteiger charge is 2.31. The molecule has 1 N–H and O–H groups in total. The molecule has 0 saturated heterocycles. The highest BCUT2D eigenvalue weighted by atomic mass is 19.4. The van der Waals surface area contributed by atoms with Crippen LogP contribution in [0.3, 0.4) is 0 Å². The summed E-state index contributed by atoms with van der Waals surface area (Å²) < 4.78 is 42.3. The molecular weight excluding hydrogens is 227 g/mol. The summed E-state index contributed by atoms with van der Waals surface area (Å²) in [6, 6.07) is 1.21. The molecule has 1 unspecified atom stereocenters. The van der Waals surface area contributed by atoms with Crippen molar-refractivity contribution in [2.24, 2.45) is 0 Å². The van der Waals surface area contributed by atoms with Gasteiger partial charge < -0.3 is 9.84 Å². The Labute approximate surface area is 88.9 Å². The lowest BCUT2D eigenvalue weighted by atomic mass is 10.2. The number of pyridine rings is 1. The fourth-order valence-electron chi connectivity index (χ4n) is 1.18. The van der Waals surface area contributed by atoms with Gasteiger partial charge in [-0.05, 0) is 6.07 Å². The summed E-state index contributed by atoms with van der Waals surface area (Å²) in [5.74, 6) is 0. The highest BCUT2D eigenvalue weighted by molar-refractivity contribution is 5.14. The number of halogens is 3. The van der Waals surface area contributed by atoms with Crippen molar-refractivity contribution in [2.45, 2.75) is 12.4 Å². The summed E-state index contributed by atoms with van der Waals surface area (Å²) in [5, 5.41) is 8.83. The number of alkyl halides is 3. The molecule has 1 rings (SSSR count). The van der Waals surface area contributed by atoms with Crippen molar-refractivity contribution in [3.05, 3.63) is 34.2 Å². The van der Waals surface area contributed by atoms with E-state index in [1.165, 1.54) is 7.11 Å². The Balaban J connectivity index is 3.15. The molecule has 7 heteroatoms. The van der Waals surface area contributed by atoms with Crippen molar-refractivity contribution in [1.29, 1.82) is 0 Å². The molecule has 0 spiro atoms. The van der Waals surface area contributed by atoms with Gasteiger partial charge in [-0.25, -0.2) is 0 Å². The van der Waals surface area contributed by atoms with Gasteiger partial charge in [-0.1, -0.05) is 0 Å². The molecule has 1 aromatic heterocycles. The van der Waals surface area contributed by atoms with E-state index in [0.29, 0.717) is 6.07 Å². The summed E-state index contributed by atoms with van der Waals surface area (Å²) >= 11 is 0. The Hall–Kier alpha value is -1.34. The standard InChI is InChI=1S/C9H10F3NO3/c1-16-8(5-14)13-3-2-6(4-7(13)15)9(10,11)12/h2-4,8,14H,5H2,1H3. The number of aliphatic hydroxyl groups excluding tert-OH is 1. The molecule has 1 atom stereocenters. The third kappa shape index (κ3) is 2.61. The highest BCUT2D eigenvalue weighted by Crippen LogP contribution is 2.27. The smallest absolute Gasteiger partial charge is 0.392 e. The van der Waals surface area contributed by atoms with E-state index in [1.807, 2.05) is 0 Å². The second-order valence-electron chi connectivity index (χ2n) is 3.03. The normalized spacial score (nSPS) is 13.8. The molecule has 0 saturated carbocycles. The molecule has 4 nitrogen and oxygen atoms in total. The number of hydrogen-bond acceptors (Lipinski definition) is 3. The minimum absolute atomic E-state index is 0.460. The zero-order valence-corrected chi connectivity index (χ0v) is 8.36. The lowest BCUT2D eigenvalue weighted by Crippen LogP contribution is -2.28. The van der Waals surface area contributed by atoms with Crippen molar-refractivity contribution in [2.75, 3.05) is 13.7 Å².